The van der Waals surface area contributed by atoms with E-state index in [1.54, 1.807) is 0 Å². The van der Waals surface area contributed by atoms with E-state index in [9.17, 15) is 0 Å². The molecule has 0 saturated heterocycles. The highest BCUT2D eigenvalue weighted by Crippen LogP contribution is 2.26. The predicted octanol–water partition coefficient (Wildman–Crippen LogP) is 4.42. The Hall–Kier alpha value is -1.02. The van der Waals surface area contributed by atoms with Crippen molar-refractivity contribution in [2.75, 3.05) is 13.2 Å². The highest BCUT2D eigenvalue weighted by Gasteiger charge is 2.22. The molecule has 0 amide bonds. The summed E-state index contributed by atoms with van der Waals surface area (Å²) in [7, 11) is 0. The van der Waals surface area contributed by atoms with E-state index in [0.717, 1.165) is 18.9 Å². The molecule has 0 aliphatic heterocycles. The second-order valence-electron chi connectivity index (χ2n) is 6.25. The van der Waals surface area contributed by atoms with Gasteiger partial charge in [0.15, 0.2) is 0 Å². The Kier molecular flexibility index (Phi) is 5.86. The lowest BCUT2D eigenvalue weighted by Crippen LogP contribution is -2.34. The second-order valence-corrected chi connectivity index (χ2v) is 6.25. The van der Waals surface area contributed by atoms with Gasteiger partial charge < -0.3 is 10.1 Å². The molecule has 2 nitrogen and oxygen atoms in total. The third-order valence-electron chi connectivity index (χ3n) is 4.12. The third kappa shape index (κ3) is 4.87. The van der Waals surface area contributed by atoms with Crippen molar-refractivity contribution in [2.45, 2.75) is 47.6 Å². The van der Waals surface area contributed by atoms with Gasteiger partial charge in [-0.1, -0.05) is 39.8 Å². The molecule has 1 unspecified atom stereocenters. The maximum atomic E-state index is 5.47. The second kappa shape index (κ2) is 6.95. The maximum Gasteiger partial charge on any atom is 0.119 e. The van der Waals surface area contributed by atoms with E-state index in [2.05, 4.69) is 52.1 Å². The Bertz CT molecular complexity index is 367. The number of hydrogen-bond donors (Lipinski definition) is 1. The molecule has 1 aromatic rings. The number of rotatable bonds is 7. The van der Waals surface area contributed by atoms with E-state index in [-0.39, 0.29) is 0 Å². The van der Waals surface area contributed by atoms with Gasteiger partial charge in [-0.2, -0.15) is 0 Å². The lowest BCUT2D eigenvalue weighted by molar-refractivity contribution is 0.230. The number of benzene rings is 1. The molecule has 0 bridgehead atoms. The van der Waals surface area contributed by atoms with Crippen molar-refractivity contribution in [1.82, 2.24) is 5.32 Å². The molecule has 0 radical (unpaired) electrons. The number of nitrogens with one attached hydrogen (secondary N) is 1. The summed E-state index contributed by atoms with van der Waals surface area (Å²) in [5, 5.41) is 3.63. The van der Waals surface area contributed by atoms with Crippen LogP contribution in [-0.2, 0) is 0 Å². The first-order valence-electron chi connectivity index (χ1n) is 7.33. The molecule has 108 valence electrons. The Balaban J connectivity index is 2.56. The largest absolute Gasteiger partial charge is 0.494 e. The minimum Gasteiger partial charge on any atom is -0.494 e. The van der Waals surface area contributed by atoms with Crippen molar-refractivity contribution < 1.29 is 4.74 Å². The average Bonchev–Trinajstić information content (AvgIpc) is 2.37. The standard InChI is InChI=1S/C17H29NO/c1-7-19-16-10-8-15(9-11-16)14(4)18-12-17(5,6)13(2)3/h8-11,13-14,18H,7,12H2,1-6H3. The van der Waals surface area contributed by atoms with Crippen LogP contribution in [0.4, 0.5) is 0 Å². The summed E-state index contributed by atoms with van der Waals surface area (Å²) < 4.78 is 5.47. The van der Waals surface area contributed by atoms with Gasteiger partial charge in [0, 0.05) is 12.6 Å². The summed E-state index contributed by atoms with van der Waals surface area (Å²) in [6.07, 6.45) is 0. The van der Waals surface area contributed by atoms with Gasteiger partial charge in [0.1, 0.15) is 5.75 Å². The monoisotopic (exact) mass is 263 g/mol. The summed E-state index contributed by atoms with van der Waals surface area (Å²) >= 11 is 0. The molecule has 2 heteroatoms. The molecule has 0 aromatic heterocycles. The highest BCUT2D eigenvalue weighted by atomic mass is 16.5. The van der Waals surface area contributed by atoms with Gasteiger partial charge in [0.2, 0.25) is 0 Å². The van der Waals surface area contributed by atoms with E-state index in [1.807, 2.05) is 19.1 Å². The molecule has 0 aliphatic carbocycles. The molecule has 0 spiro atoms. The van der Waals surface area contributed by atoms with Crippen LogP contribution in [0, 0.1) is 11.3 Å². The lowest BCUT2D eigenvalue weighted by Gasteiger charge is -2.31. The van der Waals surface area contributed by atoms with E-state index < -0.39 is 0 Å². The molecule has 0 fully saturated rings. The van der Waals surface area contributed by atoms with Gasteiger partial charge in [0.25, 0.3) is 0 Å². The Morgan fingerprint density at radius 3 is 2.16 bits per heavy atom. The van der Waals surface area contributed by atoms with Crippen LogP contribution in [-0.4, -0.2) is 13.2 Å². The molecular weight excluding hydrogens is 234 g/mol. The normalized spacial score (nSPS) is 13.6. The van der Waals surface area contributed by atoms with Crippen molar-refractivity contribution in [3.05, 3.63) is 29.8 Å². The fraction of sp³-hybridized carbons (Fsp3) is 0.647. The zero-order chi connectivity index (χ0) is 14.5. The molecule has 0 saturated carbocycles. The first-order chi connectivity index (χ1) is 8.86. The van der Waals surface area contributed by atoms with Crippen LogP contribution < -0.4 is 10.1 Å². The van der Waals surface area contributed by atoms with Crippen LogP contribution >= 0.6 is 0 Å². The van der Waals surface area contributed by atoms with Crippen molar-refractivity contribution in [1.29, 1.82) is 0 Å². The van der Waals surface area contributed by atoms with Crippen molar-refractivity contribution in [3.63, 3.8) is 0 Å². The summed E-state index contributed by atoms with van der Waals surface area (Å²) in [5.41, 5.74) is 1.63. The van der Waals surface area contributed by atoms with Crippen LogP contribution in [0.25, 0.3) is 0 Å². The van der Waals surface area contributed by atoms with Gasteiger partial charge in [-0.3, -0.25) is 0 Å². The number of hydrogen-bond acceptors (Lipinski definition) is 2. The van der Waals surface area contributed by atoms with Crippen molar-refractivity contribution in [3.8, 4) is 5.75 Å². The Morgan fingerprint density at radius 2 is 1.68 bits per heavy atom. The SMILES string of the molecule is CCOc1ccc(C(C)NCC(C)(C)C(C)C)cc1. The minimum atomic E-state index is 0.319. The van der Waals surface area contributed by atoms with Crippen molar-refractivity contribution in [2.24, 2.45) is 11.3 Å². The molecule has 1 aromatic carbocycles. The van der Waals surface area contributed by atoms with Crippen LogP contribution in [0.3, 0.4) is 0 Å². The molecule has 1 rings (SSSR count). The van der Waals surface area contributed by atoms with Crippen molar-refractivity contribution >= 4 is 0 Å². The molecular formula is C17H29NO. The zero-order valence-electron chi connectivity index (χ0n) is 13.3. The summed E-state index contributed by atoms with van der Waals surface area (Å²) in [4.78, 5) is 0. The van der Waals surface area contributed by atoms with Gasteiger partial charge in [-0.15, -0.1) is 0 Å². The van der Waals surface area contributed by atoms with E-state index in [1.165, 1.54) is 5.56 Å². The fourth-order valence-electron chi connectivity index (χ4n) is 1.76. The van der Waals surface area contributed by atoms with Crippen LogP contribution in [0.15, 0.2) is 24.3 Å². The fourth-order valence-corrected chi connectivity index (χ4v) is 1.76. The maximum absolute atomic E-state index is 5.47. The quantitative estimate of drug-likeness (QED) is 0.786. The minimum absolute atomic E-state index is 0.319. The zero-order valence-corrected chi connectivity index (χ0v) is 13.3. The number of ether oxygens (including phenoxy) is 1. The first-order valence-corrected chi connectivity index (χ1v) is 7.33. The topological polar surface area (TPSA) is 21.3 Å². The van der Waals surface area contributed by atoms with E-state index in [0.29, 0.717) is 17.4 Å². The molecule has 1 atom stereocenters. The van der Waals surface area contributed by atoms with Gasteiger partial charge in [-0.25, -0.2) is 0 Å². The lowest BCUT2D eigenvalue weighted by atomic mass is 9.81. The van der Waals surface area contributed by atoms with Gasteiger partial charge in [-0.05, 0) is 42.9 Å². The Morgan fingerprint density at radius 1 is 1.11 bits per heavy atom. The summed E-state index contributed by atoms with van der Waals surface area (Å²) in [5.74, 6) is 1.62. The van der Waals surface area contributed by atoms with Crippen LogP contribution in [0.5, 0.6) is 5.75 Å². The smallest absolute Gasteiger partial charge is 0.119 e. The molecule has 0 aliphatic rings. The summed E-state index contributed by atoms with van der Waals surface area (Å²) in [6, 6.07) is 8.75. The van der Waals surface area contributed by atoms with Gasteiger partial charge >= 0.3 is 0 Å². The molecule has 19 heavy (non-hydrogen) atoms. The highest BCUT2D eigenvalue weighted by molar-refractivity contribution is 5.28. The predicted molar refractivity (Wildman–Crippen MR) is 82.6 cm³/mol. The molecule has 0 heterocycles. The Labute approximate surface area is 118 Å². The van der Waals surface area contributed by atoms with E-state index >= 15 is 0 Å². The van der Waals surface area contributed by atoms with Crippen LogP contribution in [0.2, 0.25) is 0 Å². The third-order valence-corrected chi connectivity index (χ3v) is 4.12. The average molecular weight is 263 g/mol. The van der Waals surface area contributed by atoms with Crippen LogP contribution in [0.1, 0.15) is 53.1 Å². The van der Waals surface area contributed by atoms with Gasteiger partial charge in [0.05, 0.1) is 6.61 Å². The van der Waals surface area contributed by atoms with E-state index in [4.69, 9.17) is 4.74 Å². The summed E-state index contributed by atoms with van der Waals surface area (Å²) in [6.45, 7) is 15.2. The first kappa shape index (κ1) is 16.0. The molecule has 1 N–H and O–H groups in total.